The van der Waals surface area contributed by atoms with E-state index in [0.717, 1.165) is 12.0 Å². The van der Waals surface area contributed by atoms with Gasteiger partial charge in [0.25, 0.3) is 5.69 Å². The molecule has 2 rings (SSSR count). The predicted molar refractivity (Wildman–Crippen MR) is 127 cm³/mol. The number of halogens is 1. The average molecular weight is 512 g/mol. The highest BCUT2D eigenvalue weighted by Crippen LogP contribution is 2.18. The molecule has 0 radical (unpaired) electrons. The summed E-state index contributed by atoms with van der Waals surface area (Å²) in [6, 6.07) is 16.8. The highest BCUT2D eigenvalue weighted by Gasteiger charge is 2.11. The smallest absolute Gasteiger partial charge is 0.274 e. The second-order valence-corrected chi connectivity index (χ2v) is 6.29. The third-order valence-electron chi connectivity index (χ3n) is 4.19. The SMILES string of the molecule is CCNC(=NCc1ccccc1[N+](=O)[O-])NCCCOC(C)c1ccccc1.I. The van der Waals surface area contributed by atoms with E-state index in [1.807, 2.05) is 32.0 Å². The standard InChI is InChI=1S/C21H28N4O3.HI/c1-3-22-21(24-16-19-12-7-8-13-20(19)25(26)27)23-14-9-15-28-17(2)18-10-5-4-6-11-18;/h4-8,10-13,17H,3,9,14-16H2,1-2H3,(H2,22,23,24);1H. The molecule has 0 aliphatic carbocycles. The van der Waals surface area contributed by atoms with Gasteiger partial charge in [0.2, 0.25) is 0 Å². The summed E-state index contributed by atoms with van der Waals surface area (Å²) in [5.41, 5.74) is 1.84. The van der Waals surface area contributed by atoms with E-state index in [1.54, 1.807) is 18.2 Å². The molecule has 7 nitrogen and oxygen atoms in total. The highest BCUT2D eigenvalue weighted by molar-refractivity contribution is 14.0. The number of hydrogen-bond donors (Lipinski definition) is 2. The summed E-state index contributed by atoms with van der Waals surface area (Å²) in [6.07, 6.45) is 0.884. The number of para-hydroxylation sites is 1. The fourth-order valence-electron chi connectivity index (χ4n) is 2.69. The van der Waals surface area contributed by atoms with E-state index in [0.29, 0.717) is 31.2 Å². The third kappa shape index (κ3) is 8.78. The Labute approximate surface area is 189 Å². The molecule has 0 aromatic heterocycles. The van der Waals surface area contributed by atoms with Crippen molar-refractivity contribution in [2.75, 3.05) is 19.7 Å². The van der Waals surface area contributed by atoms with Gasteiger partial charge in [0.05, 0.1) is 23.1 Å². The van der Waals surface area contributed by atoms with Gasteiger partial charge in [-0.05, 0) is 25.8 Å². The van der Waals surface area contributed by atoms with Crippen LogP contribution in [0.1, 0.15) is 37.5 Å². The first-order chi connectivity index (χ1) is 13.6. The minimum atomic E-state index is -0.379. The van der Waals surface area contributed by atoms with Crippen LogP contribution in [0.2, 0.25) is 0 Å². The van der Waals surface area contributed by atoms with Gasteiger partial charge >= 0.3 is 0 Å². The van der Waals surface area contributed by atoms with E-state index in [-0.39, 0.29) is 47.2 Å². The number of nitrogens with zero attached hydrogens (tertiary/aromatic N) is 2. The van der Waals surface area contributed by atoms with E-state index in [2.05, 4.69) is 27.8 Å². The Bertz CT molecular complexity index is 772. The molecule has 0 aliphatic rings. The maximum atomic E-state index is 11.1. The van der Waals surface area contributed by atoms with Gasteiger partial charge in [-0.25, -0.2) is 4.99 Å². The first-order valence-electron chi connectivity index (χ1n) is 9.52. The second kappa shape index (κ2) is 13.9. The minimum absolute atomic E-state index is 0. The van der Waals surface area contributed by atoms with E-state index in [9.17, 15) is 10.1 Å². The van der Waals surface area contributed by atoms with Crippen molar-refractivity contribution in [2.45, 2.75) is 32.9 Å². The van der Waals surface area contributed by atoms with Gasteiger partial charge in [0.1, 0.15) is 0 Å². The molecule has 0 heterocycles. The lowest BCUT2D eigenvalue weighted by atomic mass is 10.1. The van der Waals surface area contributed by atoms with Crippen LogP contribution < -0.4 is 10.6 Å². The van der Waals surface area contributed by atoms with Gasteiger partial charge in [-0.15, -0.1) is 24.0 Å². The van der Waals surface area contributed by atoms with Crippen molar-refractivity contribution in [3.05, 3.63) is 75.8 Å². The zero-order valence-corrected chi connectivity index (χ0v) is 19.2. The molecule has 0 saturated heterocycles. The first-order valence-corrected chi connectivity index (χ1v) is 9.52. The van der Waals surface area contributed by atoms with Crippen molar-refractivity contribution >= 4 is 35.6 Å². The molecule has 158 valence electrons. The zero-order valence-electron chi connectivity index (χ0n) is 16.8. The lowest BCUT2D eigenvalue weighted by molar-refractivity contribution is -0.385. The molecule has 1 unspecified atom stereocenters. The van der Waals surface area contributed by atoms with Crippen molar-refractivity contribution in [1.29, 1.82) is 0 Å². The van der Waals surface area contributed by atoms with Gasteiger partial charge in [-0.1, -0.05) is 48.5 Å². The summed E-state index contributed by atoms with van der Waals surface area (Å²) in [4.78, 5) is 15.2. The van der Waals surface area contributed by atoms with Gasteiger partial charge in [-0.2, -0.15) is 0 Å². The molecular weight excluding hydrogens is 483 g/mol. The molecule has 0 fully saturated rings. The molecule has 0 spiro atoms. The number of hydrogen-bond acceptors (Lipinski definition) is 4. The van der Waals surface area contributed by atoms with Gasteiger partial charge < -0.3 is 15.4 Å². The van der Waals surface area contributed by atoms with Crippen LogP contribution in [0.25, 0.3) is 0 Å². The number of benzene rings is 2. The Morgan fingerprint density at radius 1 is 1.14 bits per heavy atom. The number of rotatable bonds is 10. The molecule has 0 amide bonds. The third-order valence-corrected chi connectivity index (χ3v) is 4.19. The largest absolute Gasteiger partial charge is 0.374 e. The Morgan fingerprint density at radius 2 is 1.83 bits per heavy atom. The summed E-state index contributed by atoms with van der Waals surface area (Å²) in [7, 11) is 0. The number of nitro benzene ring substituents is 1. The van der Waals surface area contributed by atoms with Crippen LogP contribution in [-0.4, -0.2) is 30.6 Å². The molecule has 0 saturated carbocycles. The summed E-state index contributed by atoms with van der Waals surface area (Å²) >= 11 is 0. The van der Waals surface area contributed by atoms with Crippen LogP contribution in [0, 0.1) is 10.1 Å². The molecule has 29 heavy (non-hydrogen) atoms. The molecule has 0 aliphatic heterocycles. The fraction of sp³-hybridized carbons (Fsp3) is 0.381. The van der Waals surface area contributed by atoms with E-state index >= 15 is 0 Å². The summed E-state index contributed by atoms with van der Waals surface area (Å²) < 4.78 is 5.87. The van der Waals surface area contributed by atoms with Gasteiger partial charge in [0, 0.05) is 25.8 Å². The van der Waals surface area contributed by atoms with Crippen molar-refractivity contribution in [1.82, 2.24) is 10.6 Å². The number of nitrogens with one attached hydrogen (secondary N) is 2. The zero-order chi connectivity index (χ0) is 20.2. The Hall–Kier alpha value is -2.20. The first kappa shape index (κ1) is 24.8. The molecule has 2 aromatic rings. The van der Waals surface area contributed by atoms with Gasteiger partial charge in [-0.3, -0.25) is 10.1 Å². The van der Waals surface area contributed by atoms with Crippen LogP contribution in [-0.2, 0) is 11.3 Å². The quantitative estimate of drug-likeness (QED) is 0.123. The number of nitro groups is 1. The van der Waals surface area contributed by atoms with Crippen LogP contribution in [0.15, 0.2) is 59.6 Å². The Kier molecular flexibility index (Phi) is 11.9. The second-order valence-electron chi connectivity index (χ2n) is 6.29. The summed E-state index contributed by atoms with van der Waals surface area (Å²) in [5, 5.41) is 17.5. The van der Waals surface area contributed by atoms with Crippen molar-refractivity contribution in [3.8, 4) is 0 Å². The van der Waals surface area contributed by atoms with E-state index in [1.165, 1.54) is 6.07 Å². The lowest BCUT2D eigenvalue weighted by Crippen LogP contribution is -2.38. The van der Waals surface area contributed by atoms with Crippen molar-refractivity contribution in [3.63, 3.8) is 0 Å². The van der Waals surface area contributed by atoms with E-state index in [4.69, 9.17) is 4.74 Å². The molecule has 1 atom stereocenters. The minimum Gasteiger partial charge on any atom is -0.374 e. The molecule has 8 heteroatoms. The van der Waals surface area contributed by atoms with Crippen LogP contribution in [0.4, 0.5) is 5.69 Å². The lowest BCUT2D eigenvalue weighted by Gasteiger charge is -2.14. The normalized spacial score (nSPS) is 12.0. The van der Waals surface area contributed by atoms with Crippen LogP contribution >= 0.6 is 24.0 Å². The van der Waals surface area contributed by atoms with E-state index < -0.39 is 0 Å². The topological polar surface area (TPSA) is 88.8 Å². The van der Waals surface area contributed by atoms with Crippen LogP contribution in [0.3, 0.4) is 0 Å². The van der Waals surface area contributed by atoms with Crippen LogP contribution in [0.5, 0.6) is 0 Å². The predicted octanol–water partition coefficient (Wildman–Crippen LogP) is 4.44. The summed E-state index contributed by atoms with van der Waals surface area (Å²) in [6.45, 7) is 6.31. The number of ether oxygens (including phenoxy) is 1. The molecule has 2 aromatic carbocycles. The van der Waals surface area contributed by atoms with Crippen molar-refractivity contribution in [2.24, 2.45) is 4.99 Å². The molecule has 0 bridgehead atoms. The van der Waals surface area contributed by atoms with Gasteiger partial charge in [0.15, 0.2) is 5.96 Å². The monoisotopic (exact) mass is 512 g/mol. The Balaban J connectivity index is 0.00000420. The maximum Gasteiger partial charge on any atom is 0.274 e. The molecular formula is C21H29IN4O3. The average Bonchev–Trinajstić information content (AvgIpc) is 2.72. The number of aliphatic imine (C=N–C) groups is 1. The number of guanidine groups is 1. The molecule has 2 N–H and O–H groups in total. The Morgan fingerprint density at radius 3 is 2.52 bits per heavy atom. The maximum absolute atomic E-state index is 11.1. The fourth-order valence-corrected chi connectivity index (χ4v) is 2.69. The van der Waals surface area contributed by atoms with Crippen molar-refractivity contribution < 1.29 is 9.66 Å². The highest BCUT2D eigenvalue weighted by atomic mass is 127. The summed E-state index contributed by atoms with van der Waals surface area (Å²) in [5.74, 6) is 0.636.